The minimum absolute atomic E-state index is 0.0621. The first-order chi connectivity index (χ1) is 9.04. The van der Waals surface area contributed by atoms with Crippen LogP contribution in [-0.4, -0.2) is 24.8 Å². The third-order valence-electron chi connectivity index (χ3n) is 2.73. The average Bonchev–Trinajstić information content (AvgIpc) is 2.36. The molecule has 1 amide bonds. The fourth-order valence-corrected chi connectivity index (χ4v) is 1.64. The zero-order valence-electron chi connectivity index (χ0n) is 11.8. The lowest BCUT2D eigenvalue weighted by Gasteiger charge is -2.10. The van der Waals surface area contributed by atoms with Crippen LogP contribution in [0.2, 0.25) is 0 Å². The lowest BCUT2D eigenvalue weighted by Crippen LogP contribution is -2.29. The highest BCUT2D eigenvalue weighted by atomic mass is 16.5. The predicted molar refractivity (Wildman–Crippen MR) is 74.6 cm³/mol. The zero-order valence-corrected chi connectivity index (χ0v) is 11.8. The van der Waals surface area contributed by atoms with E-state index in [2.05, 4.69) is 12.2 Å². The van der Waals surface area contributed by atoms with Crippen LogP contribution in [0.15, 0.2) is 18.2 Å². The van der Waals surface area contributed by atoms with E-state index in [4.69, 9.17) is 4.74 Å². The number of aryl methyl sites for hydroxylation is 1. The Morgan fingerprint density at radius 3 is 2.68 bits per heavy atom. The maximum absolute atomic E-state index is 11.5. The van der Waals surface area contributed by atoms with Gasteiger partial charge in [-0.1, -0.05) is 19.4 Å². The number of hydrogen-bond donors (Lipinski definition) is 1. The van der Waals surface area contributed by atoms with Crippen LogP contribution in [0.5, 0.6) is 5.75 Å². The van der Waals surface area contributed by atoms with Gasteiger partial charge < -0.3 is 10.1 Å². The molecule has 1 N–H and O–H groups in total. The molecule has 0 aliphatic heterocycles. The molecule has 0 spiro atoms. The summed E-state index contributed by atoms with van der Waals surface area (Å²) in [6.45, 7) is 6.06. The van der Waals surface area contributed by atoms with Crippen LogP contribution in [0.3, 0.4) is 0 Å². The van der Waals surface area contributed by atoms with Crippen molar-refractivity contribution < 1.29 is 14.3 Å². The summed E-state index contributed by atoms with van der Waals surface area (Å²) in [7, 11) is 0. The van der Waals surface area contributed by atoms with Crippen molar-refractivity contribution >= 4 is 11.7 Å². The van der Waals surface area contributed by atoms with Gasteiger partial charge in [-0.05, 0) is 38.0 Å². The highest BCUT2D eigenvalue weighted by Crippen LogP contribution is 2.20. The van der Waals surface area contributed by atoms with Crippen molar-refractivity contribution in [2.24, 2.45) is 0 Å². The van der Waals surface area contributed by atoms with Gasteiger partial charge in [0.2, 0.25) is 0 Å². The first-order valence-corrected chi connectivity index (χ1v) is 6.55. The fraction of sp³-hybridized carbons (Fsp3) is 0.467. The van der Waals surface area contributed by atoms with Crippen molar-refractivity contribution in [1.29, 1.82) is 0 Å². The van der Waals surface area contributed by atoms with Crippen LogP contribution in [0.1, 0.15) is 42.6 Å². The number of carbonyl (C=O) groups excluding carboxylic acids is 2. The molecule has 1 aromatic carbocycles. The molecule has 0 fully saturated rings. The third-order valence-corrected chi connectivity index (χ3v) is 2.73. The van der Waals surface area contributed by atoms with Crippen LogP contribution in [0, 0.1) is 6.92 Å². The molecule has 1 rings (SSSR count). The topological polar surface area (TPSA) is 55.4 Å². The Labute approximate surface area is 114 Å². The second kappa shape index (κ2) is 7.56. The van der Waals surface area contributed by atoms with E-state index < -0.39 is 0 Å². The molecule has 104 valence electrons. The highest BCUT2D eigenvalue weighted by molar-refractivity contribution is 5.97. The summed E-state index contributed by atoms with van der Waals surface area (Å²) in [5.74, 6) is 0.240. The molecular weight excluding hydrogens is 242 g/mol. The van der Waals surface area contributed by atoms with Gasteiger partial charge in [-0.15, -0.1) is 0 Å². The number of unbranched alkanes of at least 4 members (excludes halogenated alkanes) is 1. The Morgan fingerprint density at radius 1 is 1.32 bits per heavy atom. The molecule has 0 atom stereocenters. The Morgan fingerprint density at radius 2 is 2.05 bits per heavy atom. The van der Waals surface area contributed by atoms with E-state index >= 15 is 0 Å². The van der Waals surface area contributed by atoms with Gasteiger partial charge in [-0.25, -0.2) is 0 Å². The standard InChI is InChI=1S/C15H21NO3/c1-4-5-8-16-15(18)10-19-14-9-11(2)6-7-13(14)12(3)17/h6-7,9H,4-5,8,10H2,1-3H3,(H,16,18). The molecule has 1 aromatic rings. The molecule has 0 heterocycles. The molecule has 0 radical (unpaired) electrons. The van der Waals surface area contributed by atoms with E-state index in [1.807, 2.05) is 13.0 Å². The number of amides is 1. The van der Waals surface area contributed by atoms with Crippen LogP contribution in [-0.2, 0) is 4.79 Å². The average molecular weight is 263 g/mol. The van der Waals surface area contributed by atoms with Crippen molar-refractivity contribution in [3.63, 3.8) is 0 Å². The normalized spacial score (nSPS) is 10.1. The lowest BCUT2D eigenvalue weighted by molar-refractivity contribution is -0.123. The summed E-state index contributed by atoms with van der Waals surface area (Å²) in [6.07, 6.45) is 1.99. The van der Waals surface area contributed by atoms with Gasteiger partial charge in [0.05, 0.1) is 5.56 Å². The summed E-state index contributed by atoms with van der Waals surface area (Å²) in [5.41, 5.74) is 1.50. The molecule has 0 aliphatic rings. The molecule has 0 saturated heterocycles. The molecule has 19 heavy (non-hydrogen) atoms. The summed E-state index contributed by atoms with van der Waals surface area (Å²) in [5, 5.41) is 2.77. The highest BCUT2D eigenvalue weighted by Gasteiger charge is 2.10. The minimum Gasteiger partial charge on any atom is -0.483 e. The number of ketones is 1. The Hall–Kier alpha value is -1.84. The third kappa shape index (κ3) is 5.12. The van der Waals surface area contributed by atoms with E-state index in [9.17, 15) is 9.59 Å². The second-order valence-electron chi connectivity index (χ2n) is 4.55. The van der Waals surface area contributed by atoms with E-state index in [-0.39, 0.29) is 18.3 Å². The van der Waals surface area contributed by atoms with Gasteiger partial charge >= 0.3 is 0 Å². The van der Waals surface area contributed by atoms with Crippen molar-refractivity contribution in [3.05, 3.63) is 29.3 Å². The van der Waals surface area contributed by atoms with Gasteiger partial charge in [0.1, 0.15) is 5.75 Å². The molecule has 4 nitrogen and oxygen atoms in total. The Kier molecular flexibility index (Phi) is 6.06. The number of rotatable bonds is 7. The lowest BCUT2D eigenvalue weighted by atomic mass is 10.1. The molecule has 0 aliphatic carbocycles. The summed E-state index contributed by atoms with van der Waals surface area (Å²) >= 11 is 0. The number of hydrogen-bond acceptors (Lipinski definition) is 3. The largest absolute Gasteiger partial charge is 0.483 e. The number of nitrogens with one attached hydrogen (secondary N) is 1. The maximum atomic E-state index is 11.5. The van der Waals surface area contributed by atoms with Crippen LogP contribution >= 0.6 is 0 Å². The molecular formula is C15H21NO3. The molecule has 4 heteroatoms. The van der Waals surface area contributed by atoms with E-state index in [1.165, 1.54) is 6.92 Å². The summed E-state index contributed by atoms with van der Waals surface area (Å²) in [4.78, 5) is 23.0. The van der Waals surface area contributed by atoms with Gasteiger partial charge in [0.25, 0.3) is 5.91 Å². The number of Topliss-reactive ketones (excluding diaryl/α,β-unsaturated/α-hetero) is 1. The molecule has 0 bridgehead atoms. The van der Waals surface area contributed by atoms with Crippen molar-refractivity contribution in [3.8, 4) is 5.75 Å². The SMILES string of the molecule is CCCCNC(=O)COc1cc(C)ccc1C(C)=O. The summed E-state index contributed by atoms with van der Waals surface area (Å²) < 4.78 is 5.44. The number of benzene rings is 1. The predicted octanol–water partition coefficient (Wildman–Crippen LogP) is 2.49. The smallest absolute Gasteiger partial charge is 0.257 e. The van der Waals surface area contributed by atoms with E-state index in [0.29, 0.717) is 17.9 Å². The fourth-order valence-electron chi connectivity index (χ4n) is 1.64. The first-order valence-electron chi connectivity index (χ1n) is 6.55. The molecule has 0 unspecified atom stereocenters. The maximum Gasteiger partial charge on any atom is 0.257 e. The monoisotopic (exact) mass is 263 g/mol. The summed E-state index contributed by atoms with van der Waals surface area (Å²) in [6, 6.07) is 5.35. The molecule has 0 saturated carbocycles. The van der Waals surface area contributed by atoms with Gasteiger partial charge in [-0.2, -0.15) is 0 Å². The van der Waals surface area contributed by atoms with Crippen molar-refractivity contribution in [2.75, 3.05) is 13.2 Å². The Balaban J connectivity index is 2.59. The van der Waals surface area contributed by atoms with Gasteiger partial charge in [-0.3, -0.25) is 9.59 Å². The first kappa shape index (κ1) is 15.2. The molecule has 0 aromatic heterocycles. The second-order valence-corrected chi connectivity index (χ2v) is 4.55. The van der Waals surface area contributed by atoms with E-state index in [0.717, 1.165) is 18.4 Å². The van der Waals surface area contributed by atoms with Crippen LogP contribution in [0.25, 0.3) is 0 Å². The van der Waals surface area contributed by atoms with Crippen molar-refractivity contribution in [1.82, 2.24) is 5.32 Å². The van der Waals surface area contributed by atoms with E-state index in [1.54, 1.807) is 12.1 Å². The zero-order chi connectivity index (χ0) is 14.3. The number of ether oxygens (including phenoxy) is 1. The van der Waals surface area contributed by atoms with Gasteiger partial charge in [0.15, 0.2) is 12.4 Å². The van der Waals surface area contributed by atoms with Crippen molar-refractivity contribution in [2.45, 2.75) is 33.6 Å². The number of carbonyl (C=O) groups is 2. The Bertz CT molecular complexity index is 455. The van der Waals surface area contributed by atoms with Gasteiger partial charge in [0, 0.05) is 6.54 Å². The minimum atomic E-state index is -0.163. The van der Waals surface area contributed by atoms with Crippen LogP contribution in [0.4, 0.5) is 0 Å². The quantitative estimate of drug-likeness (QED) is 0.607. The van der Waals surface area contributed by atoms with Crippen LogP contribution < -0.4 is 10.1 Å².